The zero-order valence-electron chi connectivity index (χ0n) is 11.0. The fraction of sp³-hybridized carbons (Fsp3) is 0.571. The van der Waals surface area contributed by atoms with Gasteiger partial charge in [0.05, 0.1) is 12.2 Å². The van der Waals surface area contributed by atoms with Gasteiger partial charge in [0.25, 0.3) is 0 Å². The van der Waals surface area contributed by atoms with Gasteiger partial charge in [-0.2, -0.15) is 0 Å². The van der Waals surface area contributed by atoms with E-state index in [-0.39, 0.29) is 12.2 Å². The molecule has 2 atom stereocenters. The van der Waals surface area contributed by atoms with Crippen LogP contribution in [0.2, 0.25) is 5.02 Å². The average molecular weight is 269 g/mol. The lowest BCUT2D eigenvalue weighted by atomic mass is 10.1. The molecule has 0 amide bonds. The van der Waals surface area contributed by atoms with Crippen LogP contribution in [-0.4, -0.2) is 31.8 Å². The Morgan fingerprint density at radius 1 is 1.33 bits per heavy atom. The molecular weight excluding hydrogens is 248 g/mol. The van der Waals surface area contributed by atoms with Crippen molar-refractivity contribution in [3.63, 3.8) is 0 Å². The summed E-state index contributed by atoms with van der Waals surface area (Å²) < 4.78 is 5.77. The molecule has 3 nitrogen and oxygen atoms in total. The summed E-state index contributed by atoms with van der Waals surface area (Å²) >= 11 is 6.12. The highest BCUT2D eigenvalue weighted by molar-refractivity contribution is 6.30. The molecule has 2 N–H and O–H groups in total. The van der Waals surface area contributed by atoms with Gasteiger partial charge < -0.3 is 15.4 Å². The van der Waals surface area contributed by atoms with E-state index in [1.54, 1.807) is 0 Å². The first-order chi connectivity index (χ1) is 8.60. The van der Waals surface area contributed by atoms with Crippen LogP contribution in [0.5, 0.6) is 0 Å². The van der Waals surface area contributed by atoms with Crippen molar-refractivity contribution in [1.82, 2.24) is 0 Å². The van der Waals surface area contributed by atoms with Crippen molar-refractivity contribution in [3.8, 4) is 0 Å². The largest absolute Gasteiger partial charge is 0.372 e. The molecule has 100 valence electrons. The van der Waals surface area contributed by atoms with E-state index in [0.29, 0.717) is 6.54 Å². The van der Waals surface area contributed by atoms with Crippen molar-refractivity contribution in [2.45, 2.75) is 32.5 Å². The normalized spacial score (nSPS) is 24.3. The van der Waals surface area contributed by atoms with E-state index in [0.717, 1.165) is 24.5 Å². The van der Waals surface area contributed by atoms with Gasteiger partial charge in [0.15, 0.2) is 0 Å². The van der Waals surface area contributed by atoms with E-state index >= 15 is 0 Å². The Bertz CT molecular complexity index is 401. The van der Waals surface area contributed by atoms with Crippen molar-refractivity contribution in [3.05, 3.63) is 28.8 Å². The first-order valence-electron chi connectivity index (χ1n) is 6.49. The van der Waals surface area contributed by atoms with Gasteiger partial charge in [-0.15, -0.1) is 0 Å². The Kier molecular flexibility index (Phi) is 4.49. The second-order valence-electron chi connectivity index (χ2n) is 4.97. The summed E-state index contributed by atoms with van der Waals surface area (Å²) in [5, 5.41) is 0.776. The van der Waals surface area contributed by atoms with Crippen LogP contribution >= 0.6 is 11.6 Å². The number of morpholine rings is 1. The fourth-order valence-electron chi connectivity index (χ4n) is 2.57. The molecule has 1 fully saturated rings. The lowest BCUT2D eigenvalue weighted by molar-refractivity contribution is -0.00525. The third-order valence-corrected chi connectivity index (χ3v) is 3.46. The van der Waals surface area contributed by atoms with Crippen LogP contribution in [0.4, 0.5) is 5.69 Å². The minimum Gasteiger partial charge on any atom is -0.372 e. The third-order valence-electron chi connectivity index (χ3n) is 3.22. The molecule has 0 saturated carbocycles. The molecule has 2 rings (SSSR count). The van der Waals surface area contributed by atoms with Crippen LogP contribution in [0, 0.1) is 0 Å². The van der Waals surface area contributed by atoms with E-state index in [4.69, 9.17) is 22.1 Å². The molecule has 0 radical (unpaired) electrons. The van der Waals surface area contributed by atoms with Crippen molar-refractivity contribution in [2.24, 2.45) is 5.73 Å². The molecule has 2 unspecified atom stereocenters. The fourth-order valence-corrected chi connectivity index (χ4v) is 2.74. The van der Waals surface area contributed by atoms with Gasteiger partial charge in [-0.1, -0.05) is 17.7 Å². The van der Waals surface area contributed by atoms with E-state index in [2.05, 4.69) is 24.8 Å². The predicted molar refractivity (Wildman–Crippen MR) is 76.4 cm³/mol. The van der Waals surface area contributed by atoms with Crippen molar-refractivity contribution >= 4 is 17.3 Å². The molecule has 0 spiro atoms. The molecule has 1 aromatic rings. The maximum absolute atomic E-state index is 6.12. The topological polar surface area (TPSA) is 38.5 Å². The molecule has 0 bridgehead atoms. The number of ether oxygens (including phenoxy) is 1. The van der Waals surface area contributed by atoms with Crippen molar-refractivity contribution in [1.29, 1.82) is 0 Å². The van der Waals surface area contributed by atoms with E-state index in [1.807, 2.05) is 12.1 Å². The molecule has 1 aliphatic rings. The maximum atomic E-state index is 6.12. The van der Waals surface area contributed by atoms with Gasteiger partial charge >= 0.3 is 0 Å². The Labute approximate surface area is 114 Å². The van der Waals surface area contributed by atoms with Gasteiger partial charge in [0, 0.05) is 23.8 Å². The molecule has 18 heavy (non-hydrogen) atoms. The summed E-state index contributed by atoms with van der Waals surface area (Å²) in [7, 11) is 0. The zero-order chi connectivity index (χ0) is 13.1. The summed E-state index contributed by atoms with van der Waals surface area (Å²) in [5.41, 5.74) is 8.15. The Morgan fingerprint density at radius 3 is 2.61 bits per heavy atom. The highest BCUT2D eigenvalue weighted by Gasteiger charge is 2.23. The molecule has 0 aromatic heterocycles. The molecule has 1 heterocycles. The summed E-state index contributed by atoms with van der Waals surface area (Å²) in [6, 6.07) is 6.05. The van der Waals surface area contributed by atoms with Gasteiger partial charge in [0.1, 0.15) is 0 Å². The van der Waals surface area contributed by atoms with Crippen LogP contribution in [0.25, 0.3) is 0 Å². The average Bonchev–Trinajstić information content (AvgIpc) is 2.30. The number of nitrogens with two attached hydrogens (primary N) is 1. The number of halogens is 1. The SMILES string of the molecule is CC1CN(c2cc(Cl)ccc2CCN)CC(C)O1. The standard InChI is InChI=1S/C14H21ClN2O/c1-10-8-17(9-11(2)18-10)14-7-13(15)4-3-12(14)5-6-16/h3-4,7,10-11H,5-6,8-9,16H2,1-2H3. The number of hydrogen-bond acceptors (Lipinski definition) is 3. The third kappa shape index (κ3) is 3.16. The van der Waals surface area contributed by atoms with Crippen LogP contribution in [0.1, 0.15) is 19.4 Å². The molecule has 0 aliphatic carbocycles. The maximum Gasteiger partial charge on any atom is 0.0726 e. The zero-order valence-corrected chi connectivity index (χ0v) is 11.8. The highest BCUT2D eigenvalue weighted by Crippen LogP contribution is 2.28. The number of rotatable bonds is 3. The van der Waals surface area contributed by atoms with Crippen LogP contribution < -0.4 is 10.6 Å². The molecule has 4 heteroatoms. The quantitative estimate of drug-likeness (QED) is 0.915. The Morgan fingerprint density at radius 2 is 2.00 bits per heavy atom. The molecule has 1 saturated heterocycles. The minimum absolute atomic E-state index is 0.249. The van der Waals surface area contributed by atoms with Gasteiger partial charge in [-0.3, -0.25) is 0 Å². The van der Waals surface area contributed by atoms with E-state index in [9.17, 15) is 0 Å². The molecular formula is C14H21ClN2O. The van der Waals surface area contributed by atoms with Crippen molar-refractivity contribution in [2.75, 3.05) is 24.5 Å². The number of anilines is 1. The number of hydrogen-bond donors (Lipinski definition) is 1. The lowest BCUT2D eigenvalue weighted by Gasteiger charge is -2.38. The first kappa shape index (κ1) is 13.7. The van der Waals surface area contributed by atoms with Crippen LogP contribution in [0.3, 0.4) is 0 Å². The van der Waals surface area contributed by atoms with Crippen LogP contribution in [-0.2, 0) is 11.2 Å². The Hall–Kier alpha value is -0.770. The van der Waals surface area contributed by atoms with Gasteiger partial charge in [-0.25, -0.2) is 0 Å². The minimum atomic E-state index is 0.249. The summed E-state index contributed by atoms with van der Waals surface area (Å²) in [4.78, 5) is 2.36. The summed E-state index contributed by atoms with van der Waals surface area (Å²) in [5.74, 6) is 0. The highest BCUT2D eigenvalue weighted by atomic mass is 35.5. The molecule has 1 aromatic carbocycles. The Balaban J connectivity index is 2.27. The second kappa shape index (κ2) is 5.91. The second-order valence-corrected chi connectivity index (χ2v) is 5.41. The smallest absolute Gasteiger partial charge is 0.0726 e. The number of benzene rings is 1. The number of nitrogens with zero attached hydrogens (tertiary/aromatic N) is 1. The lowest BCUT2D eigenvalue weighted by Crippen LogP contribution is -2.45. The van der Waals surface area contributed by atoms with E-state index < -0.39 is 0 Å². The molecule has 1 aliphatic heterocycles. The first-order valence-corrected chi connectivity index (χ1v) is 6.87. The van der Waals surface area contributed by atoms with Crippen LogP contribution in [0.15, 0.2) is 18.2 Å². The monoisotopic (exact) mass is 268 g/mol. The summed E-state index contributed by atoms with van der Waals surface area (Å²) in [6.45, 7) is 6.68. The van der Waals surface area contributed by atoms with Crippen molar-refractivity contribution < 1.29 is 4.74 Å². The van der Waals surface area contributed by atoms with E-state index in [1.165, 1.54) is 11.3 Å². The predicted octanol–water partition coefficient (Wildman–Crippen LogP) is 2.45. The van der Waals surface area contributed by atoms with Gasteiger partial charge in [0.2, 0.25) is 0 Å². The van der Waals surface area contributed by atoms with Gasteiger partial charge in [-0.05, 0) is 44.5 Å². The summed E-state index contributed by atoms with van der Waals surface area (Å²) in [6.07, 6.45) is 1.38.